The number of aryl methyl sites for hydroxylation is 1. The van der Waals surface area contributed by atoms with Crippen molar-refractivity contribution < 1.29 is 13.9 Å². The molecule has 1 atom stereocenters. The number of benzene rings is 1. The first-order valence-corrected chi connectivity index (χ1v) is 8.57. The van der Waals surface area contributed by atoms with Crippen LogP contribution in [-0.4, -0.2) is 34.4 Å². The molecule has 2 N–H and O–H groups in total. The fraction of sp³-hybridized carbons (Fsp3) is 0.474. The topological polar surface area (TPSA) is 67.0 Å². The Bertz CT molecular complexity index is 753. The third kappa shape index (κ3) is 4.25. The number of amides is 1. The van der Waals surface area contributed by atoms with E-state index in [1.807, 2.05) is 20.8 Å². The second-order valence-corrected chi connectivity index (χ2v) is 7.22. The predicted octanol–water partition coefficient (Wildman–Crippen LogP) is 3.14. The number of hydrogen-bond acceptors (Lipinski definition) is 3. The molecule has 0 bridgehead atoms. The molecule has 0 radical (unpaired) electrons. The highest BCUT2D eigenvalue weighted by atomic mass is 19.1. The highest BCUT2D eigenvalue weighted by Crippen LogP contribution is 2.26. The molecule has 1 amide bonds. The fourth-order valence-corrected chi connectivity index (χ4v) is 3.31. The van der Waals surface area contributed by atoms with Gasteiger partial charge in [-0.15, -0.1) is 0 Å². The summed E-state index contributed by atoms with van der Waals surface area (Å²) in [6, 6.07) is 6.26. The third-order valence-corrected chi connectivity index (χ3v) is 4.59. The van der Waals surface area contributed by atoms with Crippen LogP contribution in [0.3, 0.4) is 0 Å². The molecule has 0 saturated carbocycles. The van der Waals surface area contributed by atoms with E-state index in [9.17, 15) is 9.18 Å². The molecule has 1 aromatic carbocycles. The number of rotatable bonds is 4. The number of aromatic amines is 1. The lowest BCUT2D eigenvalue weighted by atomic mass is 9.93. The number of ether oxygens (including phenoxy) is 1. The molecule has 3 rings (SSSR count). The molecular formula is C19H24FN3O2. The average molecular weight is 345 g/mol. The van der Waals surface area contributed by atoms with Gasteiger partial charge in [0, 0.05) is 29.5 Å². The summed E-state index contributed by atoms with van der Waals surface area (Å²) in [5.41, 5.74) is 2.97. The van der Waals surface area contributed by atoms with Crippen LogP contribution in [0.5, 0.6) is 0 Å². The summed E-state index contributed by atoms with van der Waals surface area (Å²) in [5, 5.41) is 10.3. The molecule has 1 aliphatic rings. The number of carbonyl (C=O) groups is 1. The second kappa shape index (κ2) is 6.96. The summed E-state index contributed by atoms with van der Waals surface area (Å²) in [6.45, 7) is 6.63. The van der Waals surface area contributed by atoms with Crippen LogP contribution in [0.2, 0.25) is 0 Å². The molecule has 1 saturated heterocycles. The van der Waals surface area contributed by atoms with Crippen molar-refractivity contribution in [1.29, 1.82) is 0 Å². The first kappa shape index (κ1) is 17.6. The van der Waals surface area contributed by atoms with Crippen molar-refractivity contribution in [3.63, 3.8) is 0 Å². The number of halogens is 1. The van der Waals surface area contributed by atoms with Crippen LogP contribution in [-0.2, 0) is 16.0 Å². The van der Waals surface area contributed by atoms with Gasteiger partial charge in [-0.3, -0.25) is 9.89 Å². The van der Waals surface area contributed by atoms with Gasteiger partial charge in [0.2, 0.25) is 5.91 Å². The molecule has 6 heteroatoms. The van der Waals surface area contributed by atoms with E-state index in [2.05, 4.69) is 15.5 Å². The molecule has 5 nitrogen and oxygen atoms in total. The Kier molecular flexibility index (Phi) is 4.90. The quantitative estimate of drug-likeness (QED) is 0.894. The number of aromatic nitrogens is 2. The Morgan fingerprint density at radius 1 is 1.40 bits per heavy atom. The molecule has 2 aromatic rings. The lowest BCUT2D eigenvalue weighted by Gasteiger charge is -2.35. The number of nitrogens with one attached hydrogen (secondary N) is 2. The number of carbonyl (C=O) groups excluding carboxylic acids is 1. The first-order valence-electron chi connectivity index (χ1n) is 8.57. The van der Waals surface area contributed by atoms with Crippen molar-refractivity contribution in [2.75, 3.05) is 6.61 Å². The number of nitrogens with zero attached hydrogens (tertiary/aromatic N) is 1. The van der Waals surface area contributed by atoms with Gasteiger partial charge in [0.25, 0.3) is 0 Å². The van der Waals surface area contributed by atoms with Gasteiger partial charge in [0.15, 0.2) is 0 Å². The highest BCUT2D eigenvalue weighted by Gasteiger charge is 2.30. The minimum Gasteiger partial charge on any atom is -0.375 e. The Morgan fingerprint density at radius 3 is 2.80 bits per heavy atom. The first-order chi connectivity index (χ1) is 11.8. The molecular weight excluding hydrogens is 321 g/mol. The van der Waals surface area contributed by atoms with E-state index in [0.29, 0.717) is 12.3 Å². The van der Waals surface area contributed by atoms with E-state index < -0.39 is 0 Å². The minimum atomic E-state index is -0.294. The van der Waals surface area contributed by atoms with Crippen molar-refractivity contribution in [2.24, 2.45) is 0 Å². The molecule has 0 aliphatic carbocycles. The van der Waals surface area contributed by atoms with Gasteiger partial charge in [0.1, 0.15) is 5.82 Å². The van der Waals surface area contributed by atoms with Crippen LogP contribution in [0.1, 0.15) is 37.9 Å². The summed E-state index contributed by atoms with van der Waals surface area (Å²) < 4.78 is 18.8. The van der Waals surface area contributed by atoms with Crippen molar-refractivity contribution in [1.82, 2.24) is 15.5 Å². The van der Waals surface area contributed by atoms with Crippen LogP contribution in [0.4, 0.5) is 4.39 Å². The lowest BCUT2D eigenvalue weighted by molar-refractivity contribution is -0.123. The van der Waals surface area contributed by atoms with Crippen molar-refractivity contribution in [3.05, 3.63) is 41.3 Å². The number of H-pyrrole nitrogens is 1. The maximum atomic E-state index is 13.1. The normalized spacial score (nSPS) is 19.6. The largest absolute Gasteiger partial charge is 0.375 e. The van der Waals surface area contributed by atoms with Gasteiger partial charge in [-0.1, -0.05) is 0 Å². The number of hydrogen-bond donors (Lipinski definition) is 2. The van der Waals surface area contributed by atoms with E-state index in [4.69, 9.17) is 4.74 Å². The molecule has 1 aliphatic heterocycles. The van der Waals surface area contributed by atoms with Gasteiger partial charge in [0.05, 0.1) is 17.7 Å². The summed E-state index contributed by atoms with van der Waals surface area (Å²) in [5.74, 6) is -0.326. The van der Waals surface area contributed by atoms with Crippen LogP contribution >= 0.6 is 0 Å². The molecule has 134 valence electrons. The Hall–Kier alpha value is -2.21. The summed E-state index contributed by atoms with van der Waals surface area (Å²) in [6.07, 6.45) is 1.87. The van der Waals surface area contributed by atoms with E-state index in [1.165, 1.54) is 12.1 Å². The standard InChI is InChI=1S/C19H24FN3O2/c1-12-16(18(23-22-12)13-4-6-14(20)7-5-13)10-17(24)21-15-8-9-25-19(2,3)11-15/h4-7,15H,8-11H2,1-3H3,(H,21,24)(H,22,23). The van der Waals surface area contributed by atoms with Crippen LogP contribution < -0.4 is 5.32 Å². The molecule has 1 fully saturated rings. The molecule has 0 spiro atoms. The summed E-state index contributed by atoms with van der Waals surface area (Å²) in [4.78, 5) is 12.5. The second-order valence-electron chi connectivity index (χ2n) is 7.22. The van der Waals surface area contributed by atoms with Gasteiger partial charge < -0.3 is 10.1 Å². The van der Waals surface area contributed by atoms with Crippen molar-refractivity contribution in [3.8, 4) is 11.3 Å². The molecule has 1 unspecified atom stereocenters. The van der Waals surface area contributed by atoms with E-state index in [1.54, 1.807) is 12.1 Å². The maximum Gasteiger partial charge on any atom is 0.224 e. The van der Waals surface area contributed by atoms with Crippen LogP contribution in [0, 0.1) is 12.7 Å². The highest BCUT2D eigenvalue weighted by molar-refractivity contribution is 5.81. The SMILES string of the molecule is Cc1[nH]nc(-c2ccc(F)cc2)c1CC(=O)NC1CCOC(C)(C)C1. The third-order valence-electron chi connectivity index (χ3n) is 4.59. The van der Waals surface area contributed by atoms with Crippen molar-refractivity contribution >= 4 is 5.91 Å². The van der Waals surface area contributed by atoms with E-state index >= 15 is 0 Å². The van der Waals surface area contributed by atoms with Gasteiger partial charge >= 0.3 is 0 Å². The molecule has 2 heterocycles. The van der Waals surface area contributed by atoms with Crippen molar-refractivity contribution in [2.45, 2.75) is 51.7 Å². The zero-order valence-corrected chi connectivity index (χ0v) is 14.9. The van der Waals surface area contributed by atoms with Gasteiger partial charge in [-0.2, -0.15) is 5.10 Å². The Balaban J connectivity index is 1.71. The van der Waals surface area contributed by atoms with Gasteiger partial charge in [-0.25, -0.2) is 4.39 Å². The monoisotopic (exact) mass is 345 g/mol. The van der Waals surface area contributed by atoms with E-state index in [0.717, 1.165) is 29.7 Å². The average Bonchev–Trinajstić information content (AvgIpc) is 2.88. The predicted molar refractivity (Wildman–Crippen MR) is 93.6 cm³/mol. The summed E-state index contributed by atoms with van der Waals surface area (Å²) >= 11 is 0. The maximum absolute atomic E-state index is 13.1. The van der Waals surface area contributed by atoms with Gasteiger partial charge in [-0.05, 0) is 57.9 Å². The van der Waals surface area contributed by atoms with E-state index in [-0.39, 0.29) is 29.8 Å². The van der Waals surface area contributed by atoms with Crippen LogP contribution in [0.15, 0.2) is 24.3 Å². The zero-order valence-electron chi connectivity index (χ0n) is 14.9. The zero-order chi connectivity index (χ0) is 18.0. The molecule has 1 aromatic heterocycles. The summed E-state index contributed by atoms with van der Waals surface area (Å²) in [7, 11) is 0. The lowest BCUT2D eigenvalue weighted by Crippen LogP contribution is -2.46. The van der Waals surface area contributed by atoms with Crippen LogP contribution in [0.25, 0.3) is 11.3 Å². The Morgan fingerprint density at radius 2 is 2.12 bits per heavy atom. The molecule has 25 heavy (non-hydrogen) atoms. The minimum absolute atomic E-state index is 0.0319. The smallest absolute Gasteiger partial charge is 0.224 e. The Labute approximate surface area is 147 Å². The fourth-order valence-electron chi connectivity index (χ4n) is 3.31.